The van der Waals surface area contributed by atoms with Crippen molar-refractivity contribution in [3.63, 3.8) is 0 Å². The smallest absolute Gasteiger partial charge is 0.306 e. The Morgan fingerprint density at radius 3 is 1.34 bits per heavy atom. The minimum absolute atomic E-state index is 0.156. The SMILES string of the molecule is CCCCC/C=C/CCCCCCCC(=O)O[C@@H](COC(=O)CCCCCCCCCCC/C=C/CCCCCCCC)CO[C@@H]1O[C@H](CO[C@@H]2O[C@H](CO)[C@H](O)C(O)C2O)[C@H](O)C(O)C1O. The fraction of sp³-hybridized carbons (Fsp3) is 0.885. The molecule has 15 heteroatoms. The molecular weight excluding hydrogens is 865 g/mol. The van der Waals surface area contributed by atoms with Gasteiger partial charge in [0.05, 0.1) is 19.8 Å². The topological polar surface area (TPSA) is 231 Å². The van der Waals surface area contributed by atoms with Crippen molar-refractivity contribution in [2.24, 2.45) is 0 Å². The second-order valence-electron chi connectivity index (χ2n) is 18.7. The number of aliphatic hydroxyl groups is 7. The molecule has 0 aliphatic carbocycles. The predicted molar refractivity (Wildman–Crippen MR) is 257 cm³/mol. The number of ether oxygens (including phenoxy) is 6. The normalized spacial score (nSPS) is 26.1. The zero-order valence-electron chi connectivity index (χ0n) is 41.4. The molecule has 0 radical (unpaired) electrons. The van der Waals surface area contributed by atoms with Crippen LogP contribution in [0.1, 0.15) is 200 Å². The Labute approximate surface area is 403 Å². The van der Waals surface area contributed by atoms with E-state index < -0.39 is 92.7 Å². The molecule has 0 aromatic carbocycles. The Morgan fingerprint density at radius 1 is 0.463 bits per heavy atom. The summed E-state index contributed by atoms with van der Waals surface area (Å²) in [6.45, 7) is 2.56. The lowest BCUT2D eigenvalue weighted by Gasteiger charge is -2.42. The van der Waals surface area contributed by atoms with Crippen LogP contribution in [-0.4, -0.2) is 142 Å². The van der Waals surface area contributed by atoms with E-state index in [9.17, 15) is 45.3 Å². The number of carbonyl (C=O) groups is 2. The molecule has 15 nitrogen and oxygen atoms in total. The average Bonchev–Trinajstić information content (AvgIpc) is 3.32. The lowest BCUT2D eigenvalue weighted by atomic mass is 9.98. The van der Waals surface area contributed by atoms with Gasteiger partial charge in [-0.25, -0.2) is 0 Å². The molecule has 2 heterocycles. The quantitative estimate of drug-likeness (QED) is 0.0178. The maximum absolute atomic E-state index is 13.0. The van der Waals surface area contributed by atoms with Crippen molar-refractivity contribution in [2.45, 2.75) is 268 Å². The van der Waals surface area contributed by atoms with Crippen LogP contribution < -0.4 is 0 Å². The standard InChI is InChI=1S/C52H94O15/c1-3-5-7-9-11-13-15-17-18-19-20-21-22-23-25-26-28-30-32-34-43(54)62-37-40(65-44(55)35-33-31-29-27-24-16-14-12-10-8-6-4-2)38-63-51-50(61)48(59)46(57)42(67-51)39-64-52-49(60)47(58)45(56)41(36-53)66-52/h12,14,17-18,40-42,45-53,56-61H,3-11,13,15-16,19-39H2,1-2H3/b14-12+,18-17+/t40-,41+,42+,45-,46-,47?,48?,49?,50?,51+,52+/m0/s1. The van der Waals surface area contributed by atoms with E-state index in [0.29, 0.717) is 12.8 Å². The van der Waals surface area contributed by atoms with Gasteiger partial charge in [0.25, 0.3) is 0 Å². The lowest BCUT2D eigenvalue weighted by Crippen LogP contribution is -2.61. The van der Waals surface area contributed by atoms with Gasteiger partial charge in [-0.15, -0.1) is 0 Å². The molecule has 0 saturated carbocycles. The van der Waals surface area contributed by atoms with Gasteiger partial charge in [-0.05, 0) is 64.2 Å². The Balaban J connectivity index is 1.78. The van der Waals surface area contributed by atoms with E-state index in [0.717, 1.165) is 57.8 Å². The molecule has 4 unspecified atom stereocenters. The number of esters is 2. The van der Waals surface area contributed by atoms with E-state index in [4.69, 9.17) is 28.4 Å². The lowest BCUT2D eigenvalue weighted by molar-refractivity contribution is -0.332. The molecule has 2 fully saturated rings. The van der Waals surface area contributed by atoms with Crippen LogP contribution in [-0.2, 0) is 38.0 Å². The van der Waals surface area contributed by atoms with Crippen LogP contribution in [0, 0.1) is 0 Å². The first-order valence-electron chi connectivity index (χ1n) is 26.4. The number of aliphatic hydroxyl groups excluding tert-OH is 7. The van der Waals surface area contributed by atoms with Crippen LogP contribution in [0.4, 0.5) is 0 Å². The van der Waals surface area contributed by atoms with Gasteiger partial charge in [0, 0.05) is 12.8 Å². The molecule has 0 spiro atoms. The van der Waals surface area contributed by atoms with E-state index in [-0.39, 0.29) is 26.1 Å². The highest BCUT2D eigenvalue weighted by molar-refractivity contribution is 5.70. The summed E-state index contributed by atoms with van der Waals surface area (Å²) in [5.74, 6) is -0.933. The van der Waals surface area contributed by atoms with Crippen LogP contribution in [0.25, 0.3) is 0 Å². The molecule has 7 N–H and O–H groups in total. The molecule has 0 bridgehead atoms. The number of allylic oxidation sites excluding steroid dienone is 4. The van der Waals surface area contributed by atoms with Crippen molar-refractivity contribution < 1.29 is 73.8 Å². The van der Waals surface area contributed by atoms with Crippen molar-refractivity contribution >= 4 is 11.9 Å². The van der Waals surface area contributed by atoms with E-state index in [1.54, 1.807) is 0 Å². The third-order valence-electron chi connectivity index (χ3n) is 12.7. The minimum atomic E-state index is -1.76. The largest absolute Gasteiger partial charge is 0.462 e. The van der Waals surface area contributed by atoms with E-state index in [1.807, 2.05) is 0 Å². The number of hydrogen-bond acceptors (Lipinski definition) is 15. The number of hydrogen-bond donors (Lipinski definition) is 7. The second kappa shape index (κ2) is 39.7. The van der Waals surface area contributed by atoms with Gasteiger partial charge in [0.1, 0.15) is 55.4 Å². The average molecular weight is 959 g/mol. The van der Waals surface area contributed by atoms with Crippen molar-refractivity contribution in [1.82, 2.24) is 0 Å². The van der Waals surface area contributed by atoms with Gasteiger partial charge < -0.3 is 64.2 Å². The molecule has 392 valence electrons. The monoisotopic (exact) mass is 959 g/mol. The van der Waals surface area contributed by atoms with Crippen LogP contribution in [0.3, 0.4) is 0 Å². The number of rotatable bonds is 41. The van der Waals surface area contributed by atoms with Crippen molar-refractivity contribution in [1.29, 1.82) is 0 Å². The highest BCUT2D eigenvalue weighted by atomic mass is 16.7. The van der Waals surface area contributed by atoms with Gasteiger partial charge in [-0.3, -0.25) is 9.59 Å². The van der Waals surface area contributed by atoms with Gasteiger partial charge >= 0.3 is 11.9 Å². The van der Waals surface area contributed by atoms with Crippen molar-refractivity contribution in [2.75, 3.05) is 26.4 Å². The summed E-state index contributed by atoms with van der Waals surface area (Å²) in [7, 11) is 0. The fourth-order valence-electron chi connectivity index (χ4n) is 8.26. The predicted octanol–water partition coefficient (Wildman–Crippen LogP) is 7.55. The molecular formula is C52H94O15. The molecule has 0 amide bonds. The molecule has 0 aromatic rings. The molecule has 67 heavy (non-hydrogen) atoms. The first kappa shape index (κ1) is 61.1. The Hall–Kier alpha value is -2.02. The summed E-state index contributed by atoms with van der Waals surface area (Å²) in [5.41, 5.74) is 0. The van der Waals surface area contributed by atoms with Crippen LogP contribution in [0.15, 0.2) is 24.3 Å². The van der Waals surface area contributed by atoms with Gasteiger partial charge in [-0.2, -0.15) is 0 Å². The highest BCUT2D eigenvalue weighted by Gasteiger charge is 2.47. The van der Waals surface area contributed by atoms with E-state index in [2.05, 4.69) is 38.2 Å². The third kappa shape index (κ3) is 27.8. The molecule has 2 rings (SSSR count). The Kier molecular flexibility index (Phi) is 36.2. The maximum Gasteiger partial charge on any atom is 0.306 e. The van der Waals surface area contributed by atoms with Crippen LogP contribution >= 0.6 is 0 Å². The Morgan fingerprint density at radius 2 is 0.851 bits per heavy atom. The van der Waals surface area contributed by atoms with Crippen LogP contribution in [0.5, 0.6) is 0 Å². The maximum atomic E-state index is 13.0. The van der Waals surface area contributed by atoms with E-state index >= 15 is 0 Å². The number of unbranched alkanes of at least 4 members (excludes halogenated alkanes) is 23. The third-order valence-corrected chi connectivity index (χ3v) is 12.7. The van der Waals surface area contributed by atoms with E-state index in [1.165, 1.54) is 103 Å². The summed E-state index contributed by atoms with van der Waals surface area (Å²) < 4.78 is 33.6. The molecule has 2 saturated heterocycles. The molecule has 2 aliphatic rings. The summed E-state index contributed by atoms with van der Waals surface area (Å²) >= 11 is 0. The minimum Gasteiger partial charge on any atom is -0.462 e. The summed E-state index contributed by atoms with van der Waals surface area (Å²) in [6.07, 6.45) is 23.5. The Bertz CT molecular complexity index is 1270. The van der Waals surface area contributed by atoms with Crippen LogP contribution in [0.2, 0.25) is 0 Å². The first-order valence-corrected chi connectivity index (χ1v) is 26.4. The zero-order valence-corrected chi connectivity index (χ0v) is 41.4. The van der Waals surface area contributed by atoms with Gasteiger partial charge in [0.2, 0.25) is 0 Å². The molecule has 0 aromatic heterocycles. The fourth-order valence-corrected chi connectivity index (χ4v) is 8.26. The molecule has 2 aliphatic heterocycles. The summed E-state index contributed by atoms with van der Waals surface area (Å²) in [6, 6.07) is 0. The first-order chi connectivity index (χ1) is 32.5. The van der Waals surface area contributed by atoms with Gasteiger partial charge in [0.15, 0.2) is 18.7 Å². The summed E-state index contributed by atoms with van der Waals surface area (Å²) in [5, 5.41) is 72.1. The van der Waals surface area contributed by atoms with Crippen molar-refractivity contribution in [3.05, 3.63) is 24.3 Å². The summed E-state index contributed by atoms with van der Waals surface area (Å²) in [4.78, 5) is 25.7. The number of carbonyl (C=O) groups excluding carboxylic acids is 2. The highest BCUT2D eigenvalue weighted by Crippen LogP contribution is 2.26. The van der Waals surface area contributed by atoms with Gasteiger partial charge in [-0.1, -0.05) is 147 Å². The van der Waals surface area contributed by atoms with Crippen molar-refractivity contribution in [3.8, 4) is 0 Å². The molecule has 11 atom stereocenters. The zero-order chi connectivity index (χ0) is 48.9. The second-order valence-corrected chi connectivity index (χ2v) is 18.7.